The fourth-order valence-electron chi connectivity index (χ4n) is 3.71. The lowest BCUT2D eigenvalue weighted by Gasteiger charge is -2.26. The van der Waals surface area contributed by atoms with Gasteiger partial charge in [-0.25, -0.2) is 0 Å². The van der Waals surface area contributed by atoms with Crippen molar-refractivity contribution in [2.45, 2.75) is 32.7 Å². The smallest absolute Gasteiger partial charge is 0.277 e. The third-order valence-electron chi connectivity index (χ3n) is 5.58. The summed E-state index contributed by atoms with van der Waals surface area (Å²) in [4.78, 5) is 27.3. The molecule has 2 N–H and O–H groups in total. The van der Waals surface area contributed by atoms with Gasteiger partial charge in [0, 0.05) is 37.6 Å². The molecule has 188 valence electrons. The van der Waals surface area contributed by atoms with Crippen molar-refractivity contribution in [2.75, 3.05) is 38.1 Å². The first-order valence-electron chi connectivity index (χ1n) is 12.0. The first-order valence-corrected chi connectivity index (χ1v) is 12.8. The highest BCUT2D eigenvalue weighted by molar-refractivity contribution is 7.07. The number of benzene rings is 1. The minimum absolute atomic E-state index is 0.203. The highest BCUT2D eigenvalue weighted by atomic mass is 32.1. The quantitative estimate of drug-likeness (QED) is 0.291. The normalized spacial score (nSPS) is 13.0. The molecule has 1 aliphatic rings. The van der Waals surface area contributed by atoms with E-state index >= 15 is 0 Å². The highest BCUT2D eigenvalue weighted by Gasteiger charge is 2.10. The number of likely N-dealkylation sites (tertiary alicyclic amines) is 1. The standard InChI is InChI=1S/C27H31N5O3S/c1-3-12-30-26(33)21(20-28)18-25-32(4-2)27(34)24(36-25)11-13-29-22-9-8-10-23(19-22)35-17-16-31-14-6-5-7-15-31/h3,8-10,13,19,29H,1,4-7,12,14-17H2,2H3,(H,30,33). The SMILES string of the molecule is C=CCNC(=O)C(=C=c1sc(=C=CNc2cccc(OCCN3CCCCC3)c2)c(=O)n1CC)C#N. The topological polar surface area (TPSA) is 99.4 Å². The van der Waals surface area contributed by atoms with Gasteiger partial charge in [-0.2, -0.15) is 5.26 Å². The summed E-state index contributed by atoms with van der Waals surface area (Å²) in [6.07, 6.45) is 6.92. The number of nitrogens with zero attached hydrogens (tertiary/aromatic N) is 3. The Balaban J connectivity index is 1.77. The van der Waals surface area contributed by atoms with E-state index in [0.717, 1.165) is 42.4 Å². The third kappa shape index (κ3) is 7.61. The van der Waals surface area contributed by atoms with Crippen LogP contribution in [0.5, 0.6) is 5.75 Å². The molecule has 1 aromatic carbocycles. The van der Waals surface area contributed by atoms with Crippen molar-refractivity contribution in [3.63, 3.8) is 0 Å². The Kier molecular flexibility index (Phi) is 10.4. The molecule has 36 heavy (non-hydrogen) atoms. The van der Waals surface area contributed by atoms with Crippen molar-refractivity contribution in [1.29, 1.82) is 5.26 Å². The lowest BCUT2D eigenvalue weighted by Crippen LogP contribution is -2.33. The number of amides is 1. The Labute approximate surface area is 214 Å². The van der Waals surface area contributed by atoms with Gasteiger partial charge in [-0.1, -0.05) is 41.4 Å². The van der Waals surface area contributed by atoms with E-state index in [9.17, 15) is 14.9 Å². The first kappa shape index (κ1) is 26.8. The Morgan fingerprint density at radius 2 is 2.11 bits per heavy atom. The maximum Gasteiger partial charge on any atom is 0.277 e. The van der Waals surface area contributed by atoms with E-state index < -0.39 is 5.91 Å². The van der Waals surface area contributed by atoms with Gasteiger partial charge in [0.1, 0.15) is 27.6 Å². The van der Waals surface area contributed by atoms with Crippen LogP contribution in [0, 0.1) is 11.3 Å². The Morgan fingerprint density at radius 3 is 2.83 bits per heavy atom. The van der Waals surface area contributed by atoms with E-state index in [4.69, 9.17) is 4.74 Å². The second-order valence-corrected chi connectivity index (χ2v) is 9.11. The van der Waals surface area contributed by atoms with Crippen LogP contribution in [0.3, 0.4) is 0 Å². The molecule has 1 amide bonds. The summed E-state index contributed by atoms with van der Waals surface area (Å²) in [6.45, 7) is 9.79. The van der Waals surface area contributed by atoms with Gasteiger partial charge in [-0.05, 0) is 45.0 Å². The number of thiazole rings is 1. The van der Waals surface area contributed by atoms with E-state index in [0.29, 0.717) is 22.3 Å². The summed E-state index contributed by atoms with van der Waals surface area (Å²) in [6, 6.07) is 9.46. The average molecular weight is 506 g/mol. The van der Waals surface area contributed by atoms with Gasteiger partial charge < -0.3 is 15.4 Å². The third-order valence-corrected chi connectivity index (χ3v) is 6.59. The number of nitriles is 1. The van der Waals surface area contributed by atoms with Crippen LogP contribution in [-0.2, 0) is 11.3 Å². The molecule has 1 aromatic heterocycles. The van der Waals surface area contributed by atoms with Crippen LogP contribution in [0.15, 0.2) is 53.5 Å². The van der Waals surface area contributed by atoms with Crippen molar-refractivity contribution in [3.8, 4) is 11.8 Å². The molecular formula is C27H31N5O3S. The molecule has 8 nitrogen and oxygen atoms in total. The zero-order chi connectivity index (χ0) is 25.8. The van der Waals surface area contributed by atoms with Gasteiger partial charge >= 0.3 is 0 Å². The van der Waals surface area contributed by atoms with Crippen LogP contribution in [0.4, 0.5) is 5.69 Å². The van der Waals surface area contributed by atoms with Gasteiger partial charge in [0.25, 0.3) is 11.5 Å². The van der Waals surface area contributed by atoms with Gasteiger partial charge in [0.05, 0.1) is 0 Å². The first-order chi connectivity index (χ1) is 17.5. The van der Waals surface area contributed by atoms with Gasteiger partial charge in [0.2, 0.25) is 0 Å². The number of piperidine rings is 1. The van der Waals surface area contributed by atoms with Crippen LogP contribution in [0.1, 0.15) is 26.2 Å². The van der Waals surface area contributed by atoms with E-state index in [-0.39, 0.29) is 17.7 Å². The van der Waals surface area contributed by atoms with Crippen LogP contribution < -0.4 is 30.1 Å². The largest absolute Gasteiger partial charge is 0.492 e. The van der Waals surface area contributed by atoms with Crippen LogP contribution in [0.2, 0.25) is 0 Å². The molecule has 9 heteroatoms. The van der Waals surface area contributed by atoms with Gasteiger partial charge in [0.15, 0.2) is 5.57 Å². The minimum Gasteiger partial charge on any atom is -0.492 e. The molecule has 0 saturated carbocycles. The maximum absolute atomic E-state index is 12.8. The average Bonchev–Trinajstić information content (AvgIpc) is 3.20. The molecule has 1 saturated heterocycles. The Hall–Kier alpha value is -3.79. The summed E-state index contributed by atoms with van der Waals surface area (Å²) in [5, 5.41) is 15.0. The summed E-state index contributed by atoms with van der Waals surface area (Å²) >= 11 is 1.11. The number of carbonyl (C=O) groups excluding carboxylic acids is 1. The number of aromatic nitrogens is 1. The molecule has 0 unspecified atom stereocenters. The molecule has 1 fully saturated rings. The molecular weight excluding hydrogens is 474 g/mol. The number of rotatable bonds is 10. The summed E-state index contributed by atoms with van der Waals surface area (Å²) < 4.78 is 8.09. The zero-order valence-corrected chi connectivity index (χ0v) is 21.3. The van der Waals surface area contributed by atoms with E-state index in [1.54, 1.807) is 6.20 Å². The highest BCUT2D eigenvalue weighted by Crippen LogP contribution is 2.17. The second kappa shape index (κ2) is 13.9. The number of ether oxygens (including phenoxy) is 1. The summed E-state index contributed by atoms with van der Waals surface area (Å²) in [5.74, 6) is 0.206. The molecule has 0 bridgehead atoms. The molecule has 3 rings (SSSR count). The molecule has 0 spiro atoms. The van der Waals surface area contributed by atoms with Crippen molar-refractivity contribution in [2.24, 2.45) is 0 Å². The Bertz CT molecular complexity index is 1370. The maximum atomic E-state index is 12.8. The van der Waals surface area contributed by atoms with Crippen molar-refractivity contribution >= 4 is 34.4 Å². The van der Waals surface area contributed by atoms with Crippen LogP contribution in [-0.4, -0.2) is 48.2 Å². The predicted molar refractivity (Wildman–Crippen MR) is 143 cm³/mol. The van der Waals surface area contributed by atoms with Gasteiger partial charge in [-0.15, -0.1) is 6.58 Å². The molecule has 0 atom stereocenters. The second-order valence-electron chi connectivity index (χ2n) is 8.11. The summed E-state index contributed by atoms with van der Waals surface area (Å²) in [7, 11) is 0. The zero-order valence-electron chi connectivity index (χ0n) is 20.5. The number of nitrogens with one attached hydrogen (secondary N) is 2. The summed E-state index contributed by atoms with van der Waals surface area (Å²) in [5.41, 5.74) is 6.09. The monoisotopic (exact) mass is 505 g/mol. The molecule has 0 aliphatic carbocycles. The molecule has 0 radical (unpaired) electrons. The Morgan fingerprint density at radius 1 is 1.31 bits per heavy atom. The molecule has 2 aromatic rings. The number of carbonyl (C=O) groups is 1. The number of hydrogen-bond acceptors (Lipinski definition) is 7. The van der Waals surface area contributed by atoms with Gasteiger partial charge in [-0.3, -0.25) is 19.1 Å². The van der Waals surface area contributed by atoms with E-state index in [1.165, 1.54) is 29.9 Å². The van der Waals surface area contributed by atoms with Crippen LogP contribution >= 0.6 is 11.3 Å². The van der Waals surface area contributed by atoms with Crippen molar-refractivity contribution < 1.29 is 9.53 Å². The van der Waals surface area contributed by atoms with Crippen molar-refractivity contribution in [3.05, 3.63) is 68.2 Å². The van der Waals surface area contributed by atoms with Crippen LogP contribution in [0.25, 0.3) is 11.5 Å². The van der Waals surface area contributed by atoms with E-state index in [2.05, 4.69) is 33.6 Å². The fraction of sp³-hybridized carbons (Fsp3) is 0.370. The fourth-order valence-corrected chi connectivity index (χ4v) is 4.70. The number of hydrogen-bond donors (Lipinski definition) is 2. The lowest BCUT2D eigenvalue weighted by molar-refractivity contribution is -0.116. The lowest BCUT2D eigenvalue weighted by atomic mass is 10.1. The molecule has 1 aliphatic heterocycles. The van der Waals surface area contributed by atoms with E-state index in [1.807, 2.05) is 37.3 Å². The van der Waals surface area contributed by atoms with Crippen molar-refractivity contribution in [1.82, 2.24) is 14.8 Å². The minimum atomic E-state index is -0.568. The molecule has 2 heterocycles. The predicted octanol–water partition coefficient (Wildman–Crippen LogP) is 1.93. The number of anilines is 1.